The van der Waals surface area contributed by atoms with Gasteiger partial charge in [0.15, 0.2) is 5.84 Å². The first-order chi connectivity index (χ1) is 25.4. The van der Waals surface area contributed by atoms with Crippen LogP contribution in [-0.2, 0) is 0 Å². The van der Waals surface area contributed by atoms with Crippen LogP contribution in [0.2, 0.25) is 0 Å². The molecule has 1 N–H and O–H groups in total. The SMILES string of the molecule is C/C(=C\C(=C(/C(C)c1ccccc1)n1c2ccc(C)cc2c2cc(C)ccc21)c1ccccc1)C(=N)/N=C(\N=C\c1ccccc1)c1ccccc1. The van der Waals surface area contributed by atoms with E-state index in [0.29, 0.717) is 5.84 Å². The minimum Gasteiger partial charge on any atom is -0.312 e. The normalized spacial score (nSPS) is 13.5. The first kappa shape index (κ1) is 34.1. The molecule has 0 spiro atoms. The Labute approximate surface area is 306 Å². The standard InChI is InChI=1S/C48H42N4/c1-33-25-27-44-42(29-33)43-30-34(2)26-28-45(43)52(44)46(36(4)38-19-11-6-12-20-38)41(39-21-13-7-14-22-39)31-35(3)47(49)51-48(40-23-15-8-16-24-40)50-32-37-17-9-5-10-18-37/h5-32,36,49H,1-4H3/b35-31+,46-41-,49-47?,50-32+,51-48-. The second kappa shape index (κ2) is 15.2. The molecule has 1 atom stereocenters. The number of benzene rings is 6. The third-order valence-electron chi connectivity index (χ3n) is 9.51. The number of nitrogens with one attached hydrogen (secondary N) is 1. The molecule has 7 rings (SSSR count). The molecule has 0 radical (unpaired) electrons. The maximum atomic E-state index is 9.35. The molecular formula is C48H42N4. The largest absolute Gasteiger partial charge is 0.312 e. The molecule has 0 fully saturated rings. The number of aliphatic imine (C=N–C) groups is 2. The molecule has 0 aliphatic heterocycles. The number of amidine groups is 2. The Balaban J connectivity index is 1.48. The lowest BCUT2D eigenvalue weighted by molar-refractivity contribution is 0.925. The second-order valence-electron chi connectivity index (χ2n) is 13.3. The van der Waals surface area contributed by atoms with Crippen molar-refractivity contribution in [1.29, 1.82) is 5.41 Å². The lowest BCUT2D eigenvalue weighted by Gasteiger charge is -2.24. The van der Waals surface area contributed by atoms with Gasteiger partial charge in [0, 0.05) is 39.7 Å². The monoisotopic (exact) mass is 674 g/mol. The minimum absolute atomic E-state index is 0.00472. The minimum atomic E-state index is -0.00472. The summed E-state index contributed by atoms with van der Waals surface area (Å²) in [5.41, 5.74) is 11.7. The number of allylic oxidation sites excluding steroid dienone is 3. The number of rotatable bonds is 8. The summed E-state index contributed by atoms with van der Waals surface area (Å²) >= 11 is 0. The summed E-state index contributed by atoms with van der Waals surface area (Å²) in [6.45, 7) is 8.57. The molecule has 6 aromatic carbocycles. The van der Waals surface area contributed by atoms with Gasteiger partial charge in [-0.05, 0) is 73.4 Å². The van der Waals surface area contributed by atoms with E-state index in [4.69, 9.17) is 9.98 Å². The molecular weight excluding hydrogens is 633 g/mol. The van der Waals surface area contributed by atoms with Crippen molar-refractivity contribution >= 4 is 51.0 Å². The maximum Gasteiger partial charge on any atom is 0.161 e. The topological polar surface area (TPSA) is 53.5 Å². The fraction of sp³-hybridized carbons (Fsp3) is 0.104. The van der Waals surface area contributed by atoms with Gasteiger partial charge in [-0.2, -0.15) is 0 Å². The van der Waals surface area contributed by atoms with Crippen LogP contribution in [0, 0.1) is 19.3 Å². The molecule has 0 aliphatic carbocycles. The highest BCUT2D eigenvalue weighted by atomic mass is 15.0. The Morgan fingerprint density at radius 3 is 1.69 bits per heavy atom. The van der Waals surface area contributed by atoms with E-state index in [-0.39, 0.29) is 11.8 Å². The molecule has 0 bridgehead atoms. The Hall–Kier alpha value is -6.39. The van der Waals surface area contributed by atoms with Crippen molar-refractivity contribution in [2.24, 2.45) is 9.98 Å². The van der Waals surface area contributed by atoms with E-state index >= 15 is 0 Å². The van der Waals surface area contributed by atoms with Gasteiger partial charge in [-0.3, -0.25) is 5.41 Å². The van der Waals surface area contributed by atoms with Crippen molar-refractivity contribution < 1.29 is 0 Å². The van der Waals surface area contributed by atoms with E-state index in [1.54, 1.807) is 6.21 Å². The highest BCUT2D eigenvalue weighted by molar-refractivity contribution is 6.15. The summed E-state index contributed by atoms with van der Waals surface area (Å²) in [5, 5.41) is 11.8. The van der Waals surface area contributed by atoms with Gasteiger partial charge >= 0.3 is 0 Å². The summed E-state index contributed by atoms with van der Waals surface area (Å²) in [6, 6.07) is 54.6. The lowest BCUT2D eigenvalue weighted by Crippen LogP contribution is -2.09. The Morgan fingerprint density at radius 1 is 0.635 bits per heavy atom. The molecule has 4 heteroatoms. The zero-order valence-corrected chi connectivity index (χ0v) is 30.1. The van der Waals surface area contributed by atoms with Crippen molar-refractivity contribution in [3.05, 3.63) is 203 Å². The van der Waals surface area contributed by atoms with Gasteiger partial charge in [0.05, 0.1) is 11.0 Å². The first-order valence-corrected chi connectivity index (χ1v) is 17.7. The van der Waals surface area contributed by atoms with E-state index in [0.717, 1.165) is 44.6 Å². The summed E-state index contributed by atoms with van der Waals surface area (Å²) in [4.78, 5) is 9.65. The lowest BCUT2D eigenvalue weighted by atomic mass is 9.90. The molecule has 0 saturated carbocycles. The highest BCUT2D eigenvalue weighted by Gasteiger charge is 2.24. The molecule has 1 aromatic heterocycles. The molecule has 1 unspecified atom stereocenters. The van der Waals surface area contributed by atoms with Gasteiger partial charge in [0.25, 0.3) is 0 Å². The van der Waals surface area contributed by atoms with Crippen LogP contribution in [0.5, 0.6) is 0 Å². The number of fused-ring (bicyclic) bond motifs is 3. The predicted molar refractivity (Wildman–Crippen MR) is 222 cm³/mol. The van der Waals surface area contributed by atoms with Crippen LogP contribution < -0.4 is 0 Å². The smallest absolute Gasteiger partial charge is 0.161 e. The zero-order valence-electron chi connectivity index (χ0n) is 30.1. The zero-order chi connectivity index (χ0) is 36.0. The van der Waals surface area contributed by atoms with Gasteiger partial charge in [0.1, 0.15) is 5.84 Å². The van der Waals surface area contributed by atoms with Gasteiger partial charge in [-0.15, -0.1) is 0 Å². The molecule has 254 valence electrons. The summed E-state index contributed by atoms with van der Waals surface area (Å²) in [7, 11) is 0. The Morgan fingerprint density at radius 2 is 1.13 bits per heavy atom. The molecule has 0 aliphatic rings. The van der Waals surface area contributed by atoms with Crippen molar-refractivity contribution in [2.45, 2.75) is 33.6 Å². The Kier molecular flexibility index (Phi) is 9.99. The number of aromatic nitrogens is 1. The van der Waals surface area contributed by atoms with E-state index in [2.05, 4.69) is 122 Å². The fourth-order valence-electron chi connectivity index (χ4n) is 6.79. The fourth-order valence-corrected chi connectivity index (χ4v) is 6.79. The third kappa shape index (κ3) is 7.24. The van der Waals surface area contributed by atoms with Gasteiger partial charge in [-0.1, -0.05) is 152 Å². The number of hydrogen-bond acceptors (Lipinski definition) is 1. The molecule has 4 nitrogen and oxygen atoms in total. The second-order valence-corrected chi connectivity index (χ2v) is 13.3. The van der Waals surface area contributed by atoms with E-state index in [9.17, 15) is 5.41 Å². The molecule has 52 heavy (non-hydrogen) atoms. The molecule has 0 saturated heterocycles. The van der Waals surface area contributed by atoms with Crippen molar-refractivity contribution in [2.75, 3.05) is 0 Å². The molecule has 7 aromatic rings. The number of aryl methyl sites for hydroxylation is 2. The number of hydrogen-bond donors (Lipinski definition) is 1. The van der Waals surface area contributed by atoms with Crippen molar-refractivity contribution in [3.8, 4) is 0 Å². The molecule has 1 heterocycles. The highest BCUT2D eigenvalue weighted by Crippen LogP contribution is 2.42. The van der Waals surface area contributed by atoms with E-state index < -0.39 is 0 Å². The van der Waals surface area contributed by atoms with Gasteiger partial charge in [0.2, 0.25) is 0 Å². The van der Waals surface area contributed by atoms with Crippen molar-refractivity contribution in [3.63, 3.8) is 0 Å². The van der Waals surface area contributed by atoms with E-state index in [1.807, 2.05) is 73.7 Å². The van der Waals surface area contributed by atoms with Crippen LogP contribution in [-0.4, -0.2) is 22.5 Å². The van der Waals surface area contributed by atoms with Gasteiger partial charge in [-0.25, -0.2) is 9.98 Å². The van der Waals surface area contributed by atoms with Crippen LogP contribution >= 0.6 is 0 Å². The summed E-state index contributed by atoms with van der Waals surface area (Å²) in [5.74, 6) is 0.631. The number of nitrogens with zero attached hydrogens (tertiary/aromatic N) is 3. The summed E-state index contributed by atoms with van der Waals surface area (Å²) < 4.78 is 2.44. The first-order valence-electron chi connectivity index (χ1n) is 17.7. The maximum absolute atomic E-state index is 9.35. The van der Waals surface area contributed by atoms with Crippen LogP contribution in [0.15, 0.2) is 179 Å². The predicted octanol–water partition coefficient (Wildman–Crippen LogP) is 12.1. The third-order valence-corrected chi connectivity index (χ3v) is 9.51. The average Bonchev–Trinajstić information content (AvgIpc) is 3.49. The van der Waals surface area contributed by atoms with E-state index in [1.165, 1.54) is 27.5 Å². The van der Waals surface area contributed by atoms with Crippen LogP contribution in [0.1, 0.15) is 53.1 Å². The van der Waals surface area contributed by atoms with Crippen LogP contribution in [0.3, 0.4) is 0 Å². The molecule has 0 amide bonds. The van der Waals surface area contributed by atoms with Gasteiger partial charge < -0.3 is 4.57 Å². The Bertz CT molecular complexity index is 2430. The van der Waals surface area contributed by atoms with Crippen molar-refractivity contribution in [1.82, 2.24) is 4.57 Å². The average molecular weight is 675 g/mol. The van der Waals surface area contributed by atoms with Crippen LogP contribution in [0.25, 0.3) is 33.1 Å². The quantitative estimate of drug-likeness (QED) is 0.0948. The summed E-state index contributed by atoms with van der Waals surface area (Å²) in [6.07, 6.45) is 3.94. The van der Waals surface area contributed by atoms with Crippen LogP contribution in [0.4, 0.5) is 0 Å².